The van der Waals surface area contributed by atoms with Crippen LogP contribution in [-0.4, -0.2) is 17.3 Å². The molecule has 0 fully saturated rings. The third-order valence-electron chi connectivity index (χ3n) is 2.01. The van der Waals surface area contributed by atoms with Gasteiger partial charge < -0.3 is 10.8 Å². The molecule has 0 aromatic heterocycles. The van der Waals surface area contributed by atoms with Gasteiger partial charge in [0, 0.05) is 6.54 Å². The molecule has 0 aromatic rings. The highest BCUT2D eigenvalue weighted by Crippen LogP contribution is 2.28. The molecule has 0 aromatic carbocycles. The van der Waals surface area contributed by atoms with E-state index in [1.54, 1.807) is 6.92 Å². The summed E-state index contributed by atoms with van der Waals surface area (Å²) in [5, 5.41) is 9.53. The highest BCUT2D eigenvalue weighted by Gasteiger charge is 2.33. The van der Waals surface area contributed by atoms with Gasteiger partial charge >= 0.3 is 0 Å². The summed E-state index contributed by atoms with van der Waals surface area (Å²) in [6.07, 6.45) is 0. The second-order valence-corrected chi connectivity index (χ2v) is 3.73. The third-order valence-corrected chi connectivity index (χ3v) is 2.01. The summed E-state index contributed by atoms with van der Waals surface area (Å²) in [5.74, 6) is 0. The second-order valence-electron chi connectivity index (χ2n) is 3.73. The standard InChI is InChI=1S/C7H17NO/c1-6(2,3)7(4,9)5-8/h9H,5,8H2,1-4H3/t7-/m1/s1. The zero-order valence-corrected chi connectivity index (χ0v) is 6.73. The number of hydrogen-bond acceptors (Lipinski definition) is 2. The minimum Gasteiger partial charge on any atom is -0.388 e. The summed E-state index contributed by atoms with van der Waals surface area (Å²) >= 11 is 0. The first-order valence-corrected chi connectivity index (χ1v) is 3.24. The number of hydrogen-bond donors (Lipinski definition) is 2. The Labute approximate surface area is 57.1 Å². The van der Waals surface area contributed by atoms with E-state index in [1.807, 2.05) is 20.8 Å². The van der Waals surface area contributed by atoms with Crippen molar-refractivity contribution in [2.75, 3.05) is 6.54 Å². The van der Waals surface area contributed by atoms with Crippen molar-refractivity contribution in [1.82, 2.24) is 0 Å². The minimum atomic E-state index is -0.743. The van der Waals surface area contributed by atoms with Gasteiger partial charge in [0.1, 0.15) is 0 Å². The molecule has 0 saturated carbocycles. The number of aliphatic hydroxyl groups is 1. The van der Waals surface area contributed by atoms with Crippen LogP contribution in [0.1, 0.15) is 27.7 Å². The fourth-order valence-electron chi connectivity index (χ4n) is 0.306. The molecule has 56 valence electrons. The summed E-state index contributed by atoms with van der Waals surface area (Å²) in [7, 11) is 0. The van der Waals surface area contributed by atoms with Gasteiger partial charge in [0.05, 0.1) is 5.60 Å². The van der Waals surface area contributed by atoms with Gasteiger partial charge in [-0.05, 0) is 12.3 Å². The predicted molar refractivity (Wildman–Crippen MR) is 39.1 cm³/mol. The van der Waals surface area contributed by atoms with Crippen LogP contribution in [-0.2, 0) is 0 Å². The van der Waals surface area contributed by atoms with E-state index in [0.717, 1.165) is 0 Å². The van der Waals surface area contributed by atoms with Crippen molar-refractivity contribution in [3.8, 4) is 0 Å². The lowest BCUT2D eigenvalue weighted by molar-refractivity contribution is -0.0326. The predicted octanol–water partition coefficient (Wildman–Crippen LogP) is 0.742. The summed E-state index contributed by atoms with van der Waals surface area (Å²) in [6.45, 7) is 7.99. The van der Waals surface area contributed by atoms with E-state index in [0.29, 0.717) is 6.54 Å². The Morgan fingerprint density at radius 2 is 1.56 bits per heavy atom. The first-order valence-electron chi connectivity index (χ1n) is 3.24. The van der Waals surface area contributed by atoms with E-state index in [-0.39, 0.29) is 5.41 Å². The lowest BCUT2D eigenvalue weighted by atomic mass is 9.78. The van der Waals surface area contributed by atoms with Gasteiger partial charge in [0.25, 0.3) is 0 Å². The minimum absolute atomic E-state index is 0.123. The van der Waals surface area contributed by atoms with E-state index in [4.69, 9.17) is 5.73 Å². The Morgan fingerprint density at radius 3 is 1.56 bits per heavy atom. The number of nitrogens with two attached hydrogens (primary N) is 1. The monoisotopic (exact) mass is 131 g/mol. The van der Waals surface area contributed by atoms with Gasteiger partial charge in [-0.2, -0.15) is 0 Å². The summed E-state index contributed by atoms with van der Waals surface area (Å²) in [6, 6.07) is 0. The zero-order chi connectivity index (χ0) is 7.71. The van der Waals surface area contributed by atoms with Crippen molar-refractivity contribution in [1.29, 1.82) is 0 Å². The highest BCUT2D eigenvalue weighted by atomic mass is 16.3. The number of rotatable bonds is 1. The Bertz CT molecular complexity index is 91.6. The average molecular weight is 131 g/mol. The first-order chi connectivity index (χ1) is 3.81. The lowest BCUT2D eigenvalue weighted by Crippen LogP contribution is -2.46. The topological polar surface area (TPSA) is 46.2 Å². The molecule has 2 heteroatoms. The van der Waals surface area contributed by atoms with Crippen molar-refractivity contribution < 1.29 is 5.11 Å². The molecule has 0 radical (unpaired) electrons. The smallest absolute Gasteiger partial charge is 0.0789 e. The van der Waals surface area contributed by atoms with Crippen molar-refractivity contribution in [2.45, 2.75) is 33.3 Å². The highest BCUT2D eigenvalue weighted by molar-refractivity contribution is 4.86. The van der Waals surface area contributed by atoms with Crippen molar-refractivity contribution in [3.63, 3.8) is 0 Å². The van der Waals surface area contributed by atoms with E-state index >= 15 is 0 Å². The van der Waals surface area contributed by atoms with E-state index in [1.165, 1.54) is 0 Å². The van der Waals surface area contributed by atoms with Gasteiger partial charge in [-0.3, -0.25) is 0 Å². The molecule has 0 spiro atoms. The fourth-order valence-corrected chi connectivity index (χ4v) is 0.306. The van der Waals surface area contributed by atoms with Crippen LogP contribution in [0.2, 0.25) is 0 Å². The quantitative estimate of drug-likeness (QED) is 0.551. The molecule has 0 rings (SSSR count). The molecule has 0 bridgehead atoms. The van der Waals surface area contributed by atoms with Gasteiger partial charge in [0.2, 0.25) is 0 Å². The molecule has 0 aliphatic rings. The zero-order valence-electron chi connectivity index (χ0n) is 6.73. The van der Waals surface area contributed by atoms with Gasteiger partial charge in [-0.1, -0.05) is 20.8 Å². The molecule has 0 unspecified atom stereocenters. The molecular formula is C7H17NO. The summed E-state index contributed by atoms with van der Waals surface area (Å²) < 4.78 is 0. The summed E-state index contributed by atoms with van der Waals surface area (Å²) in [4.78, 5) is 0. The van der Waals surface area contributed by atoms with E-state index in [2.05, 4.69) is 0 Å². The van der Waals surface area contributed by atoms with E-state index in [9.17, 15) is 5.11 Å². The van der Waals surface area contributed by atoms with Crippen LogP contribution in [0.5, 0.6) is 0 Å². The lowest BCUT2D eigenvalue weighted by Gasteiger charge is -2.35. The molecule has 9 heavy (non-hydrogen) atoms. The first kappa shape index (κ1) is 8.92. The van der Waals surface area contributed by atoms with Crippen LogP contribution in [0.3, 0.4) is 0 Å². The molecular weight excluding hydrogens is 114 g/mol. The average Bonchev–Trinajstić information content (AvgIpc) is 1.64. The van der Waals surface area contributed by atoms with Gasteiger partial charge in [0.15, 0.2) is 0 Å². The fraction of sp³-hybridized carbons (Fsp3) is 1.00. The summed E-state index contributed by atoms with van der Waals surface area (Å²) in [5.41, 5.74) is 4.48. The molecule has 0 heterocycles. The Morgan fingerprint density at radius 1 is 1.22 bits per heavy atom. The molecule has 0 amide bonds. The Hall–Kier alpha value is -0.0800. The molecule has 1 atom stereocenters. The molecule has 3 N–H and O–H groups in total. The third kappa shape index (κ3) is 1.95. The Kier molecular flexibility index (Phi) is 2.25. The van der Waals surface area contributed by atoms with Crippen molar-refractivity contribution >= 4 is 0 Å². The maximum Gasteiger partial charge on any atom is 0.0789 e. The van der Waals surface area contributed by atoms with Crippen LogP contribution in [0.15, 0.2) is 0 Å². The second kappa shape index (κ2) is 2.27. The van der Waals surface area contributed by atoms with Crippen molar-refractivity contribution in [2.24, 2.45) is 11.1 Å². The Balaban J connectivity index is 4.14. The van der Waals surface area contributed by atoms with Gasteiger partial charge in [-0.15, -0.1) is 0 Å². The molecule has 0 saturated heterocycles. The largest absolute Gasteiger partial charge is 0.388 e. The SMILES string of the molecule is CC(C)(C)[C@](C)(O)CN. The molecule has 2 nitrogen and oxygen atoms in total. The van der Waals surface area contributed by atoms with Crippen molar-refractivity contribution in [3.05, 3.63) is 0 Å². The molecule has 0 aliphatic carbocycles. The van der Waals surface area contributed by atoms with Crippen LogP contribution < -0.4 is 5.73 Å². The maximum absolute atomic E-state index is 9.53. The van der Waals surface area contributed by atoms with Crippen LogP contribution >= 0.6 is 0 Å². The van der Waals surface area contributed by atoms with Gasteiger partial charge in [-0.25, -0.2) is 0 Å². The molecule has 0 aliphatic heterocycles. The van der Waals surface area contributed by atoms with Crippen LogP contribution in [0, 0.1) is 5.41 Å². The maximum atomic E-state index is 9.53. The van der Waals surface area contributed by atoms with Crippen LogP contribution in [0.4, 0.5) is 0 Å². The van der Waals surface area contributed by atoms with Crippen LogP contribution in [0.25, 0.3) is 0 Å². The normalized spacial score (nSPS) is 19.3. The van der Waals surface area contributed by atoms with E-state index < -0.39 is 5.60 Å².